The van der Waals surface area contributed by atoms with Gasteiger partial charge in [-0.2, -0.15) is 0 Å². The molecule has 2 heteroatoms. The Morgan fingerprint density at radius 2 is 2.14 bits per heavy atom. The summed E-state index contributed by atoms with van der Waals surface area (Å²) in [5.41, 5.74) is 1.34. The summed E-state index contributed by atoms with van der Waals surface area (Å²) < 4.78 is 4.78. The van der Waals surface area contributed by atoms with Gasteiger partial charge in [0.2, 0.25) is 0 Å². The molecular formula is C12H11O2. The molecule has 0 fully saturated rings. The highest BCUT2D eigenvalue weighted by molar-refractivity contribution is 5.87. The fraction of sp³-hybridized carbons (Fsp3) is 0.0833. The van der Waals surface area contributed by atoms with Crippen LogP contribution < -0.4 is 0 Å². The van der Waals surface area contributed by atoms with Gasteiger partial charge in [-0.25, -0.2) is 4.79 Å². The maximum atomic E-state index is 11.0. The van der Waals surface area contributed by atoms with Gasteiger partial charge in [0.25, 0.3) is 0 Å². The normalized spacial score (nSPS) is 10.1. The van der Waals surface area contributed by atoms with E-state index in [1.54, 1.807) is 25.1 Å². The molecule has 0 aromatic heterocycles. The van der Waals surface area contributed by atoms with E-state index in [1.807, 2.05) is 12.1 Å². The molecule has 1 rings (SSSR count). The predicted molar refractivity (Wildman–Crippen MR) is 55.2 cm³/mol. The van der Waals surface area contributed by atoms with E-state index >= 15 is 0 Å². The summed E-state index contributed by atoms with van der Waals surface area (Å²) in [5.74, 6) is -0.413. The van der Waals surface area contributed by atoms with E-state index in [0.717, 1.165) is 5.56 Å². The lowest BCUT2D eigenvalue weighted by Gasteiger charge is -1.96. The van der Waals surface area contributed by atoms with Gasteiger partial charge in [-0.05, 0) is 24.6 Å². The molecular weight excluding hydrogens is 176 g/mol. The molecule has 0 bridgehead atoms. The van der Waals surface area contributed by atoms with Gasteiger partial charge in [0.05, 0.1) is 6.26 Å². The van der Waals surface area contributed by atoms with E-state index < -0.39 is 5.97 Å². The summed E-state index contributed by atoms with van der Waals surface area (Å²) in [6, 6.07) is 10.2. The van der Waals surface area contributed by atoms with E-state index in [2.05, 4.69) is 12.6 Å². The number of carbonyl (C=O) groups excluding carboxylic acids is 1. The van der Waals surface area contributed by atoms with Crippen LogP contribution in [0.3, 0.4) is 0 Å². The Hall–Kier alpha value is -1.83. The summed E-state index contributed by atoms with van der Waals surface area (Å²) in [6.07, 6.45) is 3.06. The summed E-state index contributed by atoms with van der Waals surface area (Å²) in [5, 5.41) is 0. The van der Waals surface area contributed by atoms with Crippen molar-refractivity contribution in [2.24, 2.45) is 0 Å². The Bertz CT molecular complexity index is 350. The van der Waals surface area contributed by atoms with Gasteiger partial charge in [-0.15, -0.1) is 0 Å². The first-order valence-corrected chi connectivity index (χ1v) is 4.19. The van der Waals surface area contributed by atoms with Gasteiger partial charge in [-0.3, -0.25) is 0 Å². The van der Waals surface area contributed by atoms with Crippen LogP contribution >= 0.6 is 0 Å². The molecule has 2 nitrogen and oxygen atoms in total. The number of benzene rings is 1. The first-order chi connectivity index (χ1) is 6.70. The summed E-state index contributed by atoms with van der Waals surface area (Å²) in [7, 11) is 0. The monoisotopic (exact) mass is 187 g/mol. The zero-order valence-corrected chi connectivity index (χ0v) is 7.99. The number of esters is 1. The quantitative estimate of drug-likeness (QED) is 0.413. The van der Waals surface area contributed by atoms with E-state index in [1.165, 1.54) is 6.26 Å². The SMILES string of the molecule is C=C(C)C(=O)OC=Cc1cc[c]cc1. The third-order valence-electron chi connectivity index (χ3n) is 1.53. The van der Waals surface area contributed by atoms with Crippen molar-refractivity contribution in [2.75, 3.05) is 0 Å². The molecule has 1 aromatic rings. The van der Waals surface area contributed by atoms with Crippen molar-refractivity contribution in [1.82, 2.24) is 0 Å². The van der Waals surface area contributed by atoms with E-state index in [4.69, 9.17) is 4.74 Å². The van der Waals surface area contributed by atoms with Crippen LogP contribution in [0.4, 0.5) is 0 Å². The third-order valence-corrected chi connectivity index (χ3v) is 1.53. The number of carbonyl (C=O) groups is 1. The van der Waals surface area contributed by atoms with Gasteiger partial charge < -0.3 is 4.74 Å². The Morgan fingerprint density at radius 3 is 2.71 bits per heavy atom. The molecule has 0 saturated heterocycles. The standard InChI is InChI=1S/C12H11O2/c1-10(2)12(13)14-9-8-11-6-4-3-5-7-11/h4-9H,1H2,2H3. The topological polar surface area (TPSA) is 26.3 Å². The van der Waals surface area contributed by atoms with Crippen molar-refractivity contribution in [3.05, 3.63) is 54.3 Å². The van der Waals surface area contributed by atoms with E-state index in [-0.39, 0.29) is 0 Å². The maximum Gasteiger partial charge on any atom is 0.337 e. The van der Waals surface area contributed by atoms with Crippen LogP contribution in [0.5, 0.6) is 0 Å². The summed E-state index contributed by atoms with van der Waals surface area (Å²) in [4.78, 5) is 11.0. The Labute approximate surface area is 83.5 Å². The van der Waals surface area contributed by atoms with Crippen molar-refractivity contribution < 1.29 is 9.53 Å². The molecule has 0 aliphatic rings. The van der Waals surface area contributed by atoms with E-state index in [0.29, 0.717) is 5.57 Å². The first kappa shape index (κ1) is 10.3. The van der Waals surface area contributed by atoms with Crippen LogP contribution in [0.25, 0.3) is 6.08 Å². The molecule has 0 saturated carbocycles. The number of rotatable bonds is 3. The molecule has 0 spiro atoms. The fourth-order valence-corrected chi connectivity index (χ4v) is 0.786. The van der Waals surface area contributed by atoms with Gasteiger partial charge in [0, 0.05) is 5.57 Å². The lowest BCUT2D eigenvalue weighted by atomic mass is 10.2. The van der Waals surface area contributed by atoms with Crippen LogP contribution in [0.2, 0.25) is 0 Å². The lowest BCUT2D eigenvalue weighted by molar-refractivity contribution is -0.133. The van der Waals surface area contributed by atoms with Crippen LogP contribution in [-0.2, 0) is 9.53 Å². The molecule has 0 aliphatic carbocycles. The highest BCUT2D eigenvalue weighted by atomic mass is 16.5. The smallest absolute Gasteiger partial charge is 0.337 e. The minimum atomic E-state index is -0.413. The second-order valence-electron chi connectivity index (χ2n) is 2.82. The number of hydrogen-bond acceptors (Lipinski definition) is 2. The molecule has 71 valence electrons. The Morgan fingerprint density at radius 1 is 1.50 bits per heavy atom. The fourth-order valence-electron chi connectivity index (χ4n) is 0.786. The average Bonchev–Trinajstić information content (AvgIpc) is 2.19. The Balaban J connectivity index is 2.50. The highest BCUT2D eigenvalue weighted by Crippen LogP contribution is 2.01. The van der Waals surface area contributed by atoms with Crippen molar-refractivity contribution in [3.8, 4) is 0 Å². The van der Waals surface area contributed by atoms with Crippen LogP contribution in [-0.4, -0.2) is 5.97 Å². The van der Waals surface area contributed by atoms with Gasteiger partial charge >= 0.3 is 5.97 Å². The summed E-state index contributed by atoms with van der Waals surface area (Å²) in [6.45, 7) is 5.07. The zero-order valence-electron chi connectivity index (χ0n) is 7.99. The third kappa shape index (κ3) is 3.27. The van der Waals surface area contributed by atoms with Gasteiger partial charge in [0.15, 0.2) is 0 Å². The predicted octanol–water partition coefficient (Wildman–Crippen LogP) is 2.58. The second-order valence-corrected chi connectivity index (χ2v) is 2.82. The van der Waals surface area contributed by atoms with Crippen molar-refractivity contribution in [1.29, 1.82) is 0 Å². The molecule has 0 N–H and O–H groups in total. The molecule has 14 heavy (non-hydrogen) atoms. The minimum absolute atomic E-state index is 0.385. The van der Waals surface area contributed by atoms with Crippen LogP contribution in [0, 0.1) is 6.07 Å². The largest absolute Gasteiger partial charge is 0.431 e. The molecule has 0 aliphatic heterocycles. The van der Waals surface area contributed by atoms with Gasteiger partial charge in [0.1, 0.15) is 0 Å². The van der Waals surface area contributed by atoms with Crippen molar-refractivity contribution in [3.63, 3.8) is 0 Å². The maximum absolute atomic E-state index is 11.0. The number of hydrogen-bond donors (Lipinski definition) is 0. The zero-order chi connectivity index (χ0) is 10.4. The molecule has 0 heterocycles. The molecule has 1 aromatic carbocycles. The van der Waals surface area contributed by atoms with Crippen LogP contribution in [0.15, 0.2) is 42.7 Å². The molecule has 0 unspecified atom stereocenters. The molecule has 0 atom stereocenters. The van der Waals surface area contributed by atoms with E-state index in [9.17, 15) is 4.79 Å². The number of ether oxygens (including phenoxy) is 1. The average molecular weight is 187 g/mol. The lowest BCUT2D eigenvalue weighted by Crippen LogP contribution is -1.98. The Kier molecular flexibility index (Phi) is 3.68. The highest BCUT2D eigenvalue weighted by Gasteiger charge is 1.98. The molecule has 0 amide bonds. The first-order valence-electron chi connectivity index (χ1n) is 4.19. The van der Waals surface area contributed by atoms with Crippen LogP contribution in [0.1, 0.15) is 12.5 Å². The van der Waals surface area contributed by atoms with Crippen molar-refractivity contribution in [2.45, 2.75) is 6.92 Å². The molecule has 1 radical (unpaired) electrons. The van der Waals surface area contributed by atoms with Crippen molar-refractivity contribution >= 4 is 12.0 Å². The summed E-state index contributed by atoms with van der Waals surface area (Å²) >= 11 is 0. The minimum Gasteiger partial charge on any atom is -0.431 e. The van der Waals surface area contributed by atoms with Gasteiger partial charge in [-0.1, -0.05) is 30.8 Å². The second kappa shape index (κ2) is 5.02.